The molecule has 0 aliphatic rings. The fourth-order valence-corrected chi connectivity index (χ4v) is 9.57. The molecular formula is C60H121N3O5. The molecule has 0 atom stereocenters. The van der Waals surface area contributed by atoms with Crippen LogP contribution in [0.15, 0.2) is 0 Å². The lowest BCUT2D eigenvalue weighted by Crippen LogP contribution is -2.31. The number of aliphatic hydroxyl groups is 1. The van der Waals surface area contributed by atoms with Gasteiger partial charge in [-0.3, -0.25) is 9.59 Å². The second-order valence-corrected chi connectivity index (χ2v) is 21.0. The van der Waals surface area contributed by atoms with Gasteiger partial charge in [-0.2, -0.15) is 0 Å². The summed E-state index contributed by atoms with van der Waals surface area (Å²) in [5.41, 5.74) is 0. The van der Waals surface area contributed by atoms with E-state index in [1.165, 1.54) is 231 Å². The van der Waals surface area contributed by atoms with Crippen LogP contribution in [0.25, 0.3) is 0 Å². The van der Waals surface area contributed by atoms with E-state index in [2.05, 4.69) is 32.6 Å². The molecule has 0 radical (unpaired) electrons. The van der Waals surface area contributed by atoms with Gasteiger partial charge in [0.2, 0.25) is 0 Å². The molecule has 68 heavy (non-hydrogen) atoms. The number of hydroxylamine groups is 4. The first-order valence-electron chi connectivity index (χ1n) is 30.7. The van der Waals surface area contributed by atoms with Gasteiger partial charge in [0.15, 0.2) is 0 Å². The van der Waals surface area contributed by atoms with Crippen LogP contribution in [-0.2, 0) is 19.3 Å². The maximum atomic E-state index is 13.1. The summed E-state index contributed by atoms with van der Waals surface area (Å²) in [6, 6.07) is 0. The third-order valence-electron chi connectivity index (χ3n) is 14.1. The van der Waals surface area contributed by atoms with Crippen LogP contribution in [0.4, 0.5) is 0 Å². The molecule has 0 bridgehead atoms. The van der Waals surface area contributed by atoms with Gasteiger partial charge in [-0.1, -0.05) is 259 Å². The summed E-state index contributed by atoms with van der Waals surface area (Å²) in [6.07, 6.45) is 56.4. The number of carbonyl (C=O) groups is 2. The first-order chi connectivity index (χ1) is 33.5. The number of rotatable bonds is 58. The van der Waals surface area contributed by atoms with Crippen molar-refractivity contribution in [2.75, 3.05) is 52.4 Å². The molecule has 8 heteroatoms. The van der Waals surface area contributed by atoms with Gasteiger partial charge < -0.3 is 19.7 Å². The zero-order valence-corrected chi connectivity index (χ0v) is 46.6. The van der Waals surface area contributed by atoms with Gasteiger partial charge in [0.05, 0.1) is 6.61 Å². The van der Waals surface area contributed by atoms with Crippen molar-refractivity contribution in [2.24, 2.45) is 0 Å². The largest absolute Gasteiger partial charge is 0.395 e. The van der Waals surface area contributed by atoms with Crippen LogP contribution in [0.1, 0.15) is 323 Å². The number of unbranched alkanes of at least 4 members (excludes halogenated alkanes) is 38. The van der Waals surface area contributed by atoms with Crippen molar-refractivity contribution in [1.29, 1.82) is 0 Å². The molecule has 0 amide bonds. The van der Waals surface area contributed by atoms with Crippen molar-refractivity contribution in [1.82, 2.24) is 15.0 Å². The highest BCUT2D eigenvalue weighted by molar-refractivity contribution is 5.69. The molecule has 0 unspecified atom stereocenters. The van der Waals surface area contributed by atoms with Crippen LogP contribution in [0.3, 0.4) is 0 Å². The average Bonchev–Trinajstić information content (AvgIpc) is 3.33. The number of hydrogen-bond acceptors (Lipinski definition) is 8. The molecule has 406 valence electrons. The maximum absolute atomic E-state index is 13.1. The smallest absolute Gasteiger partial charge is 0.325 e. The minimum atomic E-state index is -0.105. The zero-order valence-electron chi connectivity index (χ0n) is 46.6. The van der Waals surface area contributed by atoms with Crippen LogP contribution in [-0.4, -0.2) is 84.5 Å². The van der Waals surface area contributed by atoms with E-state index in [0.29, 0.717) is 19.4 Å². The Morgan fingerprint density at radius 1 is 0.279 bits per heavy atom. The van der Waals surface area contributed by atoms with Crippen molar-refractivity contribution >= 4 is 11.9 Å². The van der Waals surface area contributed by atoms with E-state index >= 15 is 0 Å². The lowest BCUT2D eigenvalue weighted by atomic mass is 10.1. The molecule has 0 aliphatic heterocycles. The van der Waals surface area contributed by atoms with Gasteiger partial charge in [-0.25, -0.2) is 0 Å². The SMILES string of the molecule is CCCCCCCCCCCCN(CCCCCCCCCCCC)OC(=O)CCCCN(CCO)CCCCC(=O)ON(CCCCCCCCCCCC)CCCCCCCCCCCC. The molecule has 1 N–H and O–H groups in total. The van der Waals surface area contributed by atoms with Gasteiger partial charge in [0.25, 0.3) is 0 Å². The minimum Gasteiger partial charge on any atom is -0.395 e. The van der Waals surface area contributed by atoms with Gasteiger partial charge in [0.1, 0.15) is 0 Å². The predicted octanol–water partition coefficient (Wildman–Crippen LogP) is 17.8. The van der Waals surface area contributed by atoms with Crippen LogP contribution < -0.4 is 0 Å². The second kappa shape index (κ2) is 56.7. The minimum absolute atomic E-state index is 0.105. The fourth-order valence-electron chi connectivity index (χ4n) is 9.57. The monoisotopic (exact) mass is 964 g/mol. The molecule has 0 saturated carbocycles. The molecule has 0 spiro atoms. The van der Waals surface area contributed by atoms with E-state index in [4.69, 9.17) is 9.68 Å². The molecule has 0 aromatic heterocycles. The van der Waals surface area contributed by atoms with Crippen LogP contribution >= 0.6 is 0 Å². The Morgan fingerprint density at radius 3 is 0.706 bits per heavy atom. The Kier molecular flexibility index (Phi) is 55.7. The van der Waals surface area contributed by atoms with E-state index in [1.807, 2.05) is 10.1 Å². The molecule has 0 aromatic carbocycles. The standard InChI is InChI=1S/C60H121N3O5/c1-5-9-13-17-21-25-29-33-37-43-53-62(54-44-38-34-30-26-22-18-14-10-6-2)67-59(65)49-41-47-51-61(57-58-64)52-48-42-50-60(66)68-63(55-45-39-35-31-27-23-19-15-11-7-3)56-46-40-36-32-28-24-20-16-12-8-4/h64H,5-58H2,1-4H3. The molecule has 0 heterocycles. The van der Waals surface area contributed by atoms with Crippen molar-refractivity contribution in [2.45, 2.75) is 323 Å². The van der Waals surface area contributed by atoms with E-state index in [-0.39, 0.29) is 18.5 Å². The highest BCUT2D eigenvalue weighted by atomic mass is 16.7. The van der Waals surface area contributed by atoms with Crippen molar-refractivity contribution in [3.8, 4) is 0 Å². The molecule has 0 fully saturated rings. The number of nitrogens with zero attached hydrogens (tertiary/aromatic N) is 3. The van der Waals surface area contributed by atoms with Crippen molar-refractivity contribution < 1.29 is 24.4 Å². The third kappa shape index (κ3) is 51.1. The van der Waals surface area contributed by atoms with Crippen LogP contribution in [0, 0.1) is 0 Å². The Morgan fingerprint density at radius 2 is 0.485 bits per heavy atom. The third-order valence-corrected chi connectivity index (χ3v) is 14.1. The quantitative estimate of drug-likeness (QED) is 0.0477. The van der Waals surface area contributed by atoms with E-state index in [9.17, 15) is 14.7 Å². The zero-order chi connectivity index (χ0) is 49.5. The van der Waals surface area contributed by atoms with Gasteiger partial charge >= 0.3 is 11.9 Å². The first-order valence-corrected chi connectivity index (χ1v) is 30.7. The molecule has 0 saturated heterocycles. The van der Waals surface area contributed by atoms with Gasteiger partial charge in [-0.15, -0.1) is 10.1 Å². The normalized spacial score (nSPS) is 11.8. The first kappa shape index (κ1) is 66.8. The van der Waals surface area contributed by atoms with Gasteiger partial charge in [0, 0.05) is 45.6 Å². The number of hydrogen-bond donors (Lipinski definition) is 1. The molecule has 0 aromatic rings. The topological polar surface area (TPSA) is 82.6 Å². The van der Waals surface area contributed by atoms with Crippen LogP contribution in [0.5, 0.6) is 0 Å². The Hall–Kier alpha value is -1.22. The molecule has 0 rings (SSSR count). The van der Waals surface area contributed by atoms with E-state index in [1.54, 1.807) is 0 Å². The van der Waals surface area contributed by atoms with Crippen LogP contribution in [0.2, 0.25) is 0 Å². The summed E-state index contributed by atoms with van der Waals surface area (Å²) < 4.78 is 0. The highest BCUT2D eigenvalue weighted by Gasteiger charge is 2.15. The highest BCUT2D eigenvalue weighted by Crippen LogP contribution is 2.17. The lowest BCUT2D eigenvalue weighted by molar-refractivity contribution is -0.192. The van der Waals surface area contributed by atoms with Crippen molar-refractivity contribution in [3.63, 3.8) is 0 Å². The summed E-state index contributed by atoms with van der Waals surface area (Å²) in [5.74, 6) is -0.210. The summed E-state index contributed by atoms with van der Waals surface area (Å²) in [5, 5.41) is 13.8. The Balaban J connectivity index is 4.69. The predicted molar refractivity (Wildman–Crippen MR) is 294 cm³/mol. The second-order valence-electron chi connectivity index (χ2n) is 21.0. The number of carbonyl (C=O) groups excluding carboxylic acids is 2. The summed E-state index contributed by atoms with van der Waals surface area (Å²) >= 11 is 0. The molecule has 8 nitrogen and oxygen atoms in total. The summed E-state index contributed by atoms with van der Waals surface area (Å²) in [4.78, 5) is 40.4. The number of aliphatic hydroxyl groups excluding tert-OH is 1. The van der Waals surface area contributed by atoms with E-state index in [0.717, 1.165) is 90.6 Å². The van der Waals surface area contributed by atoms with E-state index < -0.39 is 0 Å². The fraction of sp³-hybridized carbons (Fsp3) is 0.967. The lowest BCUT2D eigenvalue weighted by Gasteiger charge is -2.23. The Labute approximate surface area is 425 Å². The van der Waals surface area contributed by atoms with Gasteiger partial charge in [-0.05, 0) is 64.5 Å². The summed E-state index contributed by atoms with van der Waals surface area (Å²) in [7, 11) is 0. The van der Waals surface area contributed by atoms with Crippen molar-refractivity contribution in [3.05, 3.63) is 0 Å². The molecular weight excluding hydrogens is 843 g/mol. The average molecular weight is 965 g/mol. The molecule has 0 aliphatic carbocycles. The Bertz CT molecular complexity index is 878. The maximum Gasteiger partial charge on any atom is 0.325 e. The summed E-state index contributed by atoms with van der Waals surface area (Å²) in [6.45, 7) is 14.9.